The second kappa shape index (κ2) is 7.71. The van der Waals surface area contributed by atoms with Crippen molar-refractivity contribution in [3.8, 4) is 11.5 Å². The van der Waals surface area contributed by atoms with Crippen molar-refractivity contribution in [2.45, 2.75) is 33.1 Å². The van der Waals surface area contributed by atoms with Gasteiger partial charge < -0.3 is 14.3 Å². The molecule has 1 aromatic carbocycles. The zero-order chi connectivity index (χ0) is 12.5. The molecule has 17 heavy (non-hydrogen) atoms. The molecule has 0 N–H and O–H groups in total. The molecule has 94 valence electrons. The van der Waals surface area contributed by atoms with Crippen LogP contribution in [0, 0.1) is 0 Å². The topological polar surface area (TPSA) is 35.5 Å². The van der Waals surface area contributed by atoms with E-state index in [0.29, 0.717) is 19.6 Å². The van der Waals surface area contributed by atoms with E-state index in [1.54, 1.807) is 0 Å². The molecule has 0 aromatic heterocycles. The van der Waals surface area contributed by atoms with Crippen molar-refractivity contribution in [2.75, 3.05) is 13.2 Å². The maximum atomic E-state index is 10.3. The zero-order valence-corrected chi connectivity index (χ0v) is 10.6. The Bertz CT molecular complexity index is 347. The van der Waals surface area contributed by atoms with E-state index in [4.69, 9.17) is 9.47 Å². The molecule has 0 saturated carbocycles. The molecule has 0 aliphatic carbocycles. The number of rotatable bonds is 8. The number of benzene rings is 1. The van der Waals surface area contributed by atoms with Gasteiger partial charge in [0, 0.05) is 6.42 Å². The summed E-state index contributed by atoms with van der Waals surface area (Å²) < 4.78 is 11.0. The number of ether oxygens (including phenoxy) is 2. The summed E-state index contributed by atoms with van der Waals surface area (Å²) in [6, 6.07) is 5.96. The monoisotopic (exact) mass is 236 g/mol. The Morgan fingerprint density at radius 3 is 2.47 bits per heavy atom. The SMILES string of the molecule is CCOc1ccc(CCCC=O)cc1OCC. The first-order valence-corrected chi connectivity index (χ1v) is 6.14. The lowest BCUT2D eigenvalue weighted by Gasteiger charge is -2.12. The predicted molar refractivity (Wildman–Crippen MR) is 67.8 cm³/mol. The summed E-state index contributed by atoms with van der Waals surface area (Å²) in [6.07, 6.45) is 3.34. The van der Waals surface area contributed by atoms with Gasteiger partial charge in [-0.2, -0.15) is 0 Å². The number of aryl methyl sites for hydroxylation is 1. The van der Waals surface area contributed by atoms with Crippen molar-refractivity contribution in [3.05, 3.63) is 23.8 Å². The second-order valence-corrected chi connectivity index (χ2v) is 3.71. The van der Waals surface area contributed by atoms with Crippen LogP contribution in [0.15, 0.2) is 18.2 Å². The van der Waals surface area contributed by atoms with E-state index in [1.165, 1.54) is 5.56 Å². The highest BCUT2D eigenvalue weighted by atomic mass is 16.5. The number of carbonyl (C=O) groups is 1. The Morgan fingerprint density at radius 1 is 1.12 bits per heavy atom. The minimum absolute atomic E-state index is 0.608. The van der Waals surface area contributed by atoms with Gasteiger partial charge in [-0.1, -0.05) is 6.07 Å². The average Bonchev–Trinajstić information content (AvgIpc) is 2.33. The molecule has 1 aromatic rings. The Kier molecular flexibility index (Phi) is 6.15. The maximum absolute atomic E-state index is 10.3. The first kappa shape index (κ1) is 13.6. The lowest BCUT2D eigenvalue weighted by atomic mass is 10.1. The highest BCUT2D eigenvalue weighted by molar-refractivity contribution is 5.49. The standard InChI is InChI=1S/C14H20O3/c1-3-16-13-9-8-12(7-5-6-10-15)11-14(13)17-4-2/h8-11H,3-7H2,1-2H3. The molecule has 0 aliphatic heterocycles. The van der Waals surface area contributed by atoms with Crippen LogP contribution in [-0.2, 0) is 11.2 Å². The van der Waals surface area contributed by atoms with Crippen LogP contribution in [0.2, 0.25) is 0 Å². The molecule has 0 radical (unpaired) electrons. The predicted octanol–water partition coefficient (Wildman–Crippen LogP) is 3.01. The molecule has 0 fully saturated rings. The Labute approximate surface area is 103 Å². The van der Waals surface area contributed by atoms with Gasteiger partial charge in [-0.15, -0.1) is 0 Å². The first-order chi connectivity index (χ1) is 8.31. The average molecular weight is 236 g/mol. The second-order valence-electron chi connectivity index (χ2n) is 3.71. The van der Waals surface area contributed by atoms with Crippen LogP contribution in [0.4, 0.5) is 0 Å². The number of unbranched alkanes of at least 4 members (excludes halogenated alkanes) is 1. The molecule has 0 saturated heterocycles. The molecule has 0 heterocycles. The van der Waals surface area contributed by atoms with E-state index in [1.807, 2.05) is 32.0 Å². The van der Waals surface area contributed by atoms with Crippen LogP contribution in [-0.4, -0.2) is 19.5 Å². The normalized spacial score (nSPS) is 10.0. The van der Waals surface area contributed by atoms with Gasteiger partial charge in [0.15, 0.2) is 11.5 Å². The highest BCUT2D eigenvalue weighted by Crippen LogP contribution is 2.29. The van der Waals surface area contributed by atoms with Crippen molar-refractivity contribution in [1.29, 1.82) is 0 Å². The molecule has 0 unspecified atom stereocenters. The van der Waals surface area contributed by atoms with Gasteiger partial charge in [0.1, 0.15) is 6.29 Å². The Balaban J connectivity index is 2.73. The van der Waals surface area contributed by atoms with Crippen molar-refractivity contribution >= 4 is 6.29 Å². The lowest BCUT2D eigenvalue weighted by molar-refractivity contribution is -0.107. The zero-order valence-electron chi connectivity index (χ0n) is 10.6. The van der Waals surface area contributed by atoms with E-state index < -0.39 is 0 Å². The van der Waals surface area contributed by atoms with Gasteiger partial charge in [0.05, 0.1) is 13.2 Å². The van der Waals surface area contributed by atoms with E-state index in [2.05, 4.69) is 0 Å². The lowest BCUT2D eigenvalue weighted by Crippen LogP contribution is -1.99. The minimum atomic E-state index is 0.608. The van der Waals surface area contributed by atoms with Crippen molar-refractivity contribution in [3.63, 3.8) is 0 Å². The van der Waals surface area contributed by atoms with Crippen LogP contribution < -0.4 is 9.47 Å². The summed E-state index contributed by atoms with van der Waals surface area (Å²) in [4.78, 5) is 10.3. The number of aldehydes is 1. The van der Waals surface area contributed by atoms with Crippen LogP contribution in [0.5, 0.6) is 11.5 Å². The van der Waals surface area contributed by atoms with Crippen molar-refractivity contribution in [2.24, 2.45) is 0 Å². The van der Waals surface area contributed by atoms with Crippen LogP contribution in [0.3, 0.4) is 0 Å². The Morgan fingerprint density at radius 2 is 1.82 bits per heavy atom. The molecule has 0 spiro atoms. The Hall–Kier alpha value is -1.51. The molecular formula is C14H20O3. The molecule has 0 bridgehead atoms. The molecule has 0 atom stereocenters. The summed E-state index contributed by atoms with van der Waals surface area (Å²) in [7, 11) is 0. The van der Waals surface area contributed by atoms with Crippen molar-refractivity contribution in [1.82, 2.24) is 0 Å². The summed E-state index contributed by atoms with van der Waals surface area (Å²) >= 11 is 0. The number of hydrogen-bond donors (Lipinski definition) is 0. The quantitative estimate of drug-likeness (QED) is 0.514. The molecule has 0 aliphatic rings. The summed E-state index contributed by atoms with van der Waals surface area (Å²) in [5.74, 6) is 1.58. The molecular weight excluding hydrogens is 216 g/mol. The molecule has 1 rings (SSSR count). The summed E-state index contributed by atoms with van der Waals surface area (Å²) in [5.41, 5.74) is 1.18. The van der Waals surface area contributed by atoms with E-state index in [0.717, 1.165) is 30.6 Å². The van der Waals surface area contributed by atoms with Gasteiger partial charge in [0.2, 0.25) is 0 Å². The van der Waals surface area contributed by atoms with Crippen LogP contribution in [0.25, 0.3) is 0 Å². The van der Waals surface area contributed by atoms with Gasteiger partial charge in [0.25, 0.3) is 0 Å². The molecule has 3 nitrogen and oxygen atoms in total. The smallest absolute Gasteiger partial charge is 0.161 e. The van der Waals surface area contributed by atoms with E-state index >= 15 is 0 Å². The third-order valence-electron chi connectivity index (χ3n) is 2.40. The number of carbonyl (C=O) groups excluding carboxylic acids is 1. The molecule has 0 amide bonds. The highest BCUT2D eigenvalue weighted by Gasteiger charge is 2.05. The number of hydrogen-bond acceptors (Lipinski definition) is 3. The minimum Gasteiger partial charge on any atom is -0.490 e. The van der Waals surface area contributed by atoms with Crippen molar-refractivity contribution < 1.29 is 14.3 Å². The maximum Gasteiger partial charge on any atom is 0.161 e. The van der Waals surface area contributed by atoms with Gasteiger partial charge in [-0.3, -0.25) is 0 Å². The fraction of sp³-hybridized carbons (Fsp3) is 0.500. The fourth-order valence-corrected chi connectivity index (χ4v) is 1.64. The fourth-order valence-electron chi connectivity index (χ4n) is 1.64. The van der Waals surface area contributed by atoms with Gasteiger partial charge >= 0.3 is 0 Å². The third-order valence-corrected chi connectivity index (χ3v) is 2.40. The third kappa shape index (κ3) is 4.47. The van der Waals surface area contributed by atoms with E-state index in [9.17, 15) is 4.79 Å². The first-order valence-electron chi connectivity index (χ1n) is 6.14. The van der Waals surface area contributed by atoms with Crippen LogP contribution in [0.1, 0.15) is 32.3 Å². The van der Waals surface area contributed by atoms with Gasteiger partial charge in [-0.25, -0.2) is 0 Å². The van der Waals surface area contributed by atoms with E-state index in [-0.39, 0.29) is 0 Å². The largest absolute Gasteiger partial charge is 0.490 e. The van der Waals surface area contributed by atoms with Gasteiger partial charge in [-0.05, 0) is 44.4 Å². The summed E-state index contributed by atoms with van der Waals surface area (Å²) in [6.45, 7) is 5.16. The van der Waals surface area contributed by atoms with Crippen LogP contribution >= 0.6 is 0 Å². The molecule has 3 heteroatoms. The summed E-state index contributed by atoms with van der Waals surface area (Å²) in [5, 5.41) is 0.